The Morgan fingerprint density at radius 1 is 1.57 bits per heavy atom. The summed E-state index contributed by atoms with van der Waals surface area (Å²) >= 11 is 5.94. The number of hydrogen-bond donors (Lipinski definition) is 2. The molecule has 0 saturated carbocycles. The Labute approximate surface area is 85.8 Å². The van der Waals surface area contributed by atoms with Crippen molar-refractivity contribution in [3.8, 4) is 0 Å². The fourth-order valence-electron chi connectivity index (χ4n) is 1.35. The zero-order valence-corrected chi connectivity index (χ0v) is 8.34. The van der Waals surface area contributed by atoms with Crippen LogP contribution >= 0.6 is 11.6 Å². The lowest BCUT2D eigenvalue weighted by Gasteiger charge is -2.02. The van der Waals surface area contributed by atoms with Crippen LogP contribution in [-0.2, 0) is 7.05 Å². The van der Waals surface area contributed by atoms with Crippen molar-refractivity contribution in [1.29, 1.82) is 5.41 Å². The van der Waals surface area contributed by atoms with Gasteiger partial charge in [-0.05, 0) is 12.1 Å². The molecular formula is C9H9ClN4. The summed E-state index contributed by atoms with van der Waals surface area (Å²) in [5.74, 6) is -0.0295. The lowest BCUT2D eigenvalue weighted by atomic mass is 10.2. The highest BCUT2D eigenvalue weighted by molar-refractivity contribution is 6.34. The maximum atomic E-state index is 7.34. The molecule has 0 unspecified atom stereocenters. The first-order chi connectivity index (χ1) is 6.59. The molecule has 1 aromatic heterocycles. The molecule has 0 aliphatic rings. The lowest BCUT2D eigenvalue weighted by Crippen LogP contribution is -2.11. The van der Waals surface area contributed by atoms with E-state index in [1.165, 1.54) is 0 Å². The quantitative estimate of drug-likeness (QED) is 0.551. The zero-order valence-electron chi connectivity index (χ0n) is 7.58. The zero-order chi connectivity index (χ0) is 10.3. The Morgan fingerprint density at radius 2 is 2.29 bits per heavy atom. The minimum absolute atomic E-state index is 0.0295. The molecule has 0 amide bonds. The van der Waals surface area contributed by atoms with Crippen LogP contribution in [0.4, 0.5) is 0 Å². The van der Waals surface area contributed by atoms with E-state index in [1.54, 1.807) is 18.5 Å². The number of nitrogens with zero attached hydrogens (tertiary/aromatic N) is 2. The van der Waals surface area contributed by atoms with Gasteiger partial charge in [0.05, 0.1) is 22.4 Å². The average molecular weight is 209 g/mol. The normalized spacial score (nSPS) is 10.7. The molecule has 4 nitrogen and oxygen atoms in total. The number of aryl methyl sites for hydroxylation is 1. The monoisotopic (exact) mass is 208 g/mol. The number of rotatable bonds is 1. The minimum Gasteiger partial charge on any atom is -0.384 e. The van der Waals surface area contributed by atoms with Gasteiger partial charge in [-0.1, -0.05) is 11.6 Å². The molecule has 1 aromatic carbocycles. The fourth-order valence-corrected chi connectivity index (χ4v) is 1.61. The summed E-state index contributed by atoms with van der Waals surface area (Å²) in [7, 11) is 1.88. The molecule has 0 aliphatic carbocycles. The predicted molar refractivity (Wildman–Crippen MR) is 56.7 cm³/mol. The number of halogens is 1. The first-order valence-electron chi connectivity index (χ1n) is 4.04. The molecule has 72 valence electrons. The number of fused-ring (bicyclic) bond motifs is 1. The average Bonchev–Trinajstić information content (AvgIpc) is 2.46. The molecule has 0 fully saturated rings. The number of hydrogen-bond acceptors (Lipinski definition) is 2. The van der Waals surface area contributed by atoms with Crippen molar-refractivity contribution in [2.75, 3.05) is 0 Å². The number of aromatic nitrogens is 2. The number of nitrogen functional groups attached to an aromatic ring is 1. The standard InChI is InChI=1S/C9H9ClN4/c1-14-4-13-7-3-6(10)5(9(11)12)2-8(7)14/h2-4H,1H3,(H3,11,12). The molecule has 0 bridgehead atoms. The summed E-state index contributed by atoms with van der Waals surface area (Å²) < 4.78 is 1.86. The highest BCUT2D eigenvalue weighted by atomic mass is 35.5. The van der Waals surface area contributed by atoms with Gasteiger partial charge in [-0.25, -0.2) is 4.98 Å². The van der Waals surface area contributed by atoms with Crippen molar-refractivity contribution < 1.29 is 0 Å². The van der Waals surface area contributed by atoms with Gasteiger partial charge in [0.25, 0.3) is 0 Å². The van der Waals surface area contributed by atoms with Gasteiger partial charge in [0.2, 0.25) is 0 Å². The highest BCUT2D eigenvalue weighted by Crippen LogP contribution is 2.22. The number of nitrogens with one attached hydrogen (secondary N) is 1. The molecule has 0 radical (unpaired) electrons. The van der Waals surface area contributed by atoms with Crippen LogP contribution in [0.1, 0.15) is 5.56 Å². The van der Waals surface area contributed by atoms with Crippen LogP contribution < -0.4 is 5.73 Å². The van der Waals surface area contributed by atoms with Gasteiger partial charge in [-0.2, -0.15) is 0 Å². The third-order valence-corrected chi connectivity index (χ3v) is 2.42. The maximum absolute atomic E-state index is 7.34. The number of benzene rings is 1. The molecule has 0 atom stereocenters. The highest BCUT2D eigenvalue weighted by Gasteiger charge is 2.08. The number of imidazole rings is 1. The van der Waals surface area contributed by atoms with E-state index in [4.69, 9.17) is 22.7 Å². The van der Waals surface area contributed by atoms with Crippen LogP contribution in [0.3, 0.4) is 0 Å². The second-order valence-corrected chi connectivity index (χ2v) is 3.50. The molecular weight excluding hydrogens is 200 g/mol. The number of nitrogens with two attached hydrogens (primary N) is 1. The van der Waals surface area contributed by atoms with Gasteiger partial charge < -0.3 is 10.3 Å². The second kappa shape index (κ2) is 2.99. The predicted octanol–water partition coefficient (Wildman–Crippen LogP) is 1.51. The van der Waals surface area contributed by atoms with Crippen LogP contribution in [0.15, 0.2) is 18.5 Å². The molecule has 2 rings (SSSR count). The van der Waals surface area contributed by atoms with Crippen LogP contribution in [0.25, 0.3) is 11.0 Å². The van der Waals surface area contributed by atoms with Crippen molar-refractivity contribution in [1.82, 2.24) is 9.55 Å². The van der Waals surface area contributed by atoms with Gasteiger partial charge in [-0.15, -0.1) is 0 Å². The third-order valence-electron chi connectivity index (χ3n) is 2.10. The van der Waals surface area contributed by atoms with Crippen molar-refractivity contribution in [3.63, 3.8) is 0 Å². The van der Waals surface area contributed by atoms with Gasteiger partial charge in [0.15, 0.2) is 0 Å². The minimum atomic E-state index is -0.0295. The molecule has 0 spiro atoms. The molecule has 14 heavy (non-hydrogen) atoms. The Kier molecular flexibility index (Phi) is 1.93. The van der Waals surface area contributed by atoms with Crippen LogP contribution in [0.2, 0.25) is 5.02 Å². The summed E-state index contributed by atoms with van der Waals surface area (Å²) in [4.78, 5) is 4.15. The summed E-state index contributed by atoms with van der Waals surface area (Å²) in [5.41, 5.74) is 7.66. The molecule has 0 saturated heterocycles. The lowest BCUT2D eigenvalue weighted by molar-refractivity contribution is 0.947. The van der Waals surface area contributed by atoms with Gasteiger partial charge in [0, 0.05) is 12.6 Å². The van der Waals surface area contributed by atoms with E-state index in [0.29, 0.717) is 10.6 Å². The second-order valence-electron chi connectivity index (χ2n) is 3.09. The molecule has 1 heterocycles. The topological polar surface area (TPSA) is 67.7 Å². The molecule has 2 aromatic rings. The van der Waals surface area contributed by atoms with E-state index >= 15 is 0 Å². The van der Waals surface area contributed by atoms with E-state index < -0.39 is 0 Å². The van der Waals surface area contributed by atoms with Gasteiger partial charge in [0.1, 0.15) is 5.84 Å². The SMILES string of the molecule is Cn1cnc2cc(Cl)c(C(=N)N)cc21. The first-order valence-corrected chi connectivity index (χ1v) is 4.42. The van der Waals surface area contributed by atoms with E-state index in [1.807, 2.05) is 11.6 Å². The van der Waals surface area contributed by atoms with E-state index in [9.17, 15) is 0 Å². The Bertz CT molecular complexity index is 515. The first kappa shape index (κ1) is 9.02. The third kappa shape index (κ3) is 1.24. The van der Waals surface area contributed by atoms with Crippen molar-refractivity contribution in [3.05, 3.63) is 29.0 Å². The maximum Gasteiger partial charge on any atom is 0.124 e. The van der Waals surface area contributed by atoms with Crippen LogP contribution in [0, 0.1) is 5.41 Å². The number of amidine groups is 1. The van der Waals surface area contributed by atoms with Crippen molar-refractivity contribution in [2.24, 2.45) is 12.8 Å². The molecule has 0 aliphatic heterocycles. The fraction of sp³-hybridized carbons (Fsp3) is 0.111. The smallest absolute Gasteiger partial charge is 0.124 e. The van der Waals surface area contributed by atoms with E-state index in [2.05, 4.69) is 4.98 Å². The van der Waals surface area contributed by atoms with Gasteiger partial charge >= 0.3 is 0 Å². The molecule has 3 N–H and O–H groups in total. The summed E-state index contributed by atoms with van der Waals surface area (Å²) in [5, 5.41) is 7.80. The summed E-state index contributed by atoms with van der Waals surface area (Å²) in [6.07, 6.45) is 1.70. The van der Waals surface area contributed by atoms with E-state index in [0.717, 1.165) is 11.0 Å². The molecule has 5 heteroatoms. The van der Waals surface area contributed by atoms with Gasteiger partial charge in [-0.3, -0.25) is 5.41 Å². The van der Waals surface area contributed by atoms with Crippen LogP contribution in [0.5, 0.6) is 0 Å². The Balaban J connectivity index is 2.80. The summed E-state index contributed by atoms with van der Waals surface area (Å²) in [6, 6.07) is 3.49. The van der Waals surface area contributed by atoms with Crippen molar-refractivity contribution in [2.45, 2.75) is 0 Å². The van der Waals surface area contributed by atoms with Crippen LogP contribution in [-0.4, -0.2) is 15.4 Å². The van der Waals surface area contributed by atoms with E-state index in [-0.39, 0.29) is 5.84 Å². The Hall–Kier alpha value is -1.55. The van der Waals surface area contributed by atoms with Crippen molar-refractivity contribution >= 4 is 28.5 Å². The largest absolute Gasteiger partial charge is 0.384 e. The Morgan fingerprint density at radius 3 is 2.93 bits per heavy atom. The summed E-state index contributed by atoms with van der Waals surface area (Å²) in [6.45, 7) is 0.